The Morgan fingerprint density at radius 2 is 1.76 bits per heavy atom. The molecule has 1 heterocycles. The number of para-hydroxylation sites is 1. The second-order valence-corrected chi connectivity index (χ2v) is 5.64. The van der Waals surface area contributed by atoms with Gasteiger partial charge in [-0.3, -0.25) is 25.2 Å². The van der Waals surface area contributed by atoms with Crippen LogP contribution in [0.4, 0.5) is 0 Å². The minimum Gasteiger partial charge on any atom is -0.483 e. The average molecular weight is 349 g/mol. The number of benzene rings is 1. The number of rotatable bonds is 6. The summed E-state index contributed by atoms with van der Waals surface area (Å²) < 4.78 is 10.5. The maximum Gasteiger partial charge on any atom is 0.276 e. The molecule has 25 heavy (non-hydrogen) atoms. The molecule has 3 amide bonds. The van der Waals surface area contributed by atoms with Gasteiger partial charge in [-0.1, -0.05) is 18.2 Å². The minimum atomic E-state index is -0.476. The summed E-state index contributed by atoms with van der Waals surface area (Å²) in [5.74, 6) is -0.380. The van der Waals surface area contributed by atoms with Crippen molar-refractivity contribution in [1.82, 2.24) is 15.8 Å². The molecule has 8 heteroatoms. The summed E-state index contributed by atoms with van der Waals surface area (Å²) in [4.78, 5) is 37.0. The highest BCUT2D eigenvalue weighted by Gasteiger charge is 2.17. The number of carbonyl (C=O) groups is 3. The molecular formula is C17H23N3O5. The van der Waals surface area contributed by atoms with E-state index in [-0.39, 0.29) is 25.4 Å². The Balaban J connectivity index is 1.61. The van der Waals surface area contributed by atoms with Crippen LogP contribution in [0.1, 0.15) is 18.4 Å². The topological polar surface area (TPSA) is 97.0 Å². The van der Waals surface area contributed by atoms with Crippen molar-refractivity contribution in [2.75, 3.05) is 32.9 Å². The molecule has 0 radical (unpaired) electrons. The molecule has 1 fully saturated rings. The highest BCUT2D eigenvalue weighted by atomic mass is 16.5. The molecule has 136 valence electrons. The highest BCUT2D eigenvalue weighted by Crippen LogP contribution is 2.15. The Hall–Kier alpha value is -2.61. The summed E-state index contributed by atoms with van der Waals surface area (Å²) in [7, 11) is 0. The number of ether oxygens (including phenoxy) is 2. The van der Waals surface area contributed by atoms with E-state index in [2.05, 4.69) is 10.9 Å². The number of amides is 3. The SMILES string of the molecule is Cc1ccccc1OCC(=O)NNC(=O)CCC(=O)N1CCOCC1. The van der Waals surface area contributed by atoms with E-state index in [1.54, 1.807) is 11.0 Å². The van der Waals surface area contributed by atoms with Gasteiger partial charge in [0.1, 0.15) is 5.75 Å². The van der Waals surface area contributed by atoms with Crippen molar-refractivity contribution >= 4 is 17.7 Å². The van der Waals surface area contributed by atoms with E-state index in [1.807, 2.05) is 25.1 Å². The lowest BCUT2D eigenvalue weighted by atomic mass is 10.2. The van der Waals surface area contributed by atoms with E-state index in [0.29, 0.717) is 32.1 Å². The first-order chi connectivity index (χ1) is 12.1. The van der Waals surface area contributed by atoms with Crippen LogP contribution in [0.5, 0.6) is 5.75 Å². The van der Waals surface area contributed by atoms with Gasteiger partial charge in [0.15, 0.2) is 6.61 Å². The van der Waals surface area contributed by atoms with E-state index in [0.717, 1.165) is 5.56 Å². The van der Waals surface area contributed by atoms with Gasteiger partial charge in [-0.25, -0.2) is 0 Å². The molecular weight excluding hydrogens is 326 g/mol. The molecule has 8 nitrogen and oxygen atoms in total. The van der Waals surface area contributed by atoms with Gasteiger partial charge in [-0.15, -0.1) is 0 Å². The monoisotopic (exact) mass is 349 g/mol. The predicted molar refractivity (Wildman–Crippen MR) is 89.6 cm³/mol. The molecule has 1 saturated heterocycles. The predicted octanol–water partition coefficient (Wildman–Crippen LogP) is 0.160. The Kier molecular flexibility index (Phi) is 7.21. The van der Waals surface area contributed by atoms with Gasteiger partial charge in [0.05, 0.1) is 13.2 Å². The lowest BCUT2D eigenvalue weighted by Gasteiger charge is -2.26. The number of hydrogen-bond donors (Lipinski definition) is 2. The third-order valence-electron chi connectivity index (χ3n) is 3.72. The van der Waals surface area contributed by atoms with Crippen molar-refractivity contribution in [3.05, 3.63) is 29.8 Å². The summed E-state index contributed by atoms with van der Waals surface area (Å²) in [5, 5.41) is 0. The van der Waals surface area contributed by atoms with Crippen molar-refractivity contribution < 1.29 is 23.9 Å². The van der Waals surface area contributed by atoms with Crippen LogP contribution in [-0.4, -0.2) is 55.5 Å². The van der Waals surface area contributed by atoms with Crippen LogP contribution in [0.2, 0.25) is 0 Å². The summed E-state index contributed by atoms with van der Waals surface area (Å²) in [6.07, 6.45) is 0.108. The minimum absolute atomic E-state index is 0.00905. The molecule has 0 spiro atoms. The normalized spacial score (nSPS) is 13.9. The maximum absolute atomic E-state index is 11.9. The summed E-state index contributed by atoms with van der Waals surface area (Å²) in [5.41, 5.74) is 5.46. The second kappa shape index (κ2) is 9.63. The van der Waals surface area contributed by atoms with Crippen LogP contribution in [0, 0.1) is 6.92 Å². The molecule has 2 rings (SSSR count). The summed E-state index contributed by atoms with van der Waals surface area (Å²) in [6.45, 7) is 3.81. The Labute approximate surface area is 146 Å². The highest BCUT2D eigenvalue weighted by molar-refractivity contribution is 5.86. The van der Waals surface area contributed by atoms with Crippen molar-refractivity contribution in [3.8, 4) is 5.75 Å². The van der Waals surface area contributed by atoms with Crippen LogP contribution in [0.15, 0.2) is 24.3 Å². The number of aryl methyl sites for hydroxylation is 1. The van der Waals surface area contributed by atoms with Crippen molar-refractivity contribution in [2.24, 2.45) is 0 Å². The molecule has 1 aromatic rings. The Bertz CT molecular complexity index is 614. The number of nitrogens with one attached hydrogen (secondary N) is 2. The largest absolute Gasteiger partial charge is 0.483 e. The van der Waals surface area contributed by atoms with Crippen LogP contribution in [0.25, 0.3) is 0 Å². The van der Waals surface area contributed by atoms with Crippen LogP contribution in [-0.2, 0) is 19.1 Å². The Morgan fingerprint density at radius 1 is 1.08 bits per heavy atom. The third kappa shape index (κ3) is 6.42. The molecule has 0 atom stereocenters. The molecule has 0 bridgehead atoms. The summed E-state index contributed by atoms with van der Waals surface area (Å²) >= 11 is 0. The second-order valence-electron chi connectivity index (χ2n) is 5.64. The fourth-order valence-electron chi connectivity index (χ4n) is 2.29. The number of hydrazine groups is 1. The molecule has 1 aliphatic heterocycles. The Morgan fingerprint density at radius 3 is 2.48 bits per heavy atom. The van der Waals surface area contributed by atoms with E-state index in [4.69, 9.17) is 9.47 Å². The van der Waals surface area contributed by atoms with Crippen molar-refractivity contribution in [2.45, 2.75) is 19.8 Å². The van der Waals surface area contributed by atoms with E-state index in [1.165, 1.54) is 0 Å². The lowest BCUT2D eigenvalue weighted by Crippen LogP contribution is -2.45. The maximum atomic E-state index is 11.9. The van der Waals surface area contributed by atoms with Gasteiger partial charge < -0.3 is 14.4 Å². The van der Waals surface area contributed by atoms with E-state index >= 15 is 0 Å². The van der Waals surface area contributed by atoms with Crippen LogP contribution < -0.4 is 15.6 Å². The fourth-order valence-corrected chi connectivity index (χ4v) is 2.29. The smallest absolute Gasteiger partial charge is 0.276 e. The molecule has 0 saturated carbocycles. The first-order valence-electron chi connectivity index (χ1n) is 8.18. The standard InChI is InChI=1S/C17H23N3O5/c1-13-4-2-3-5-14(13)25-12-16(22)19-18-15(21)6-7-17(23)20-8-10-24-11-9-20/h2-5H,6-12H2,1H3,(H,18,21)(H,19,22). The van der Waals surface area contributed by atoms with Gasteiger partial charge >= 0.3 is 0 Å². The van der Waals surface area contributed by atoms with Crippen molar-refractivity contribution in [1.29, 1.82) is 0 Å². The average Bonchev–Trinajstić information content (AvgIpc) is 2.64. The molecule has 0 unspecified atom stereocenters. The van der Waals surface area contributed by atoms with Crippen LogP contribution in [0.3, 0.4) is 0 Å². The number of hydrogen-bond acceptors (Lipinski definition) is 5. The molecule has 1 aromatic carbocycles. The fraction of sp³-hybridized carbons (Fsp3) is 0.471. The van der Waals surface area contributed by atoms with Crippen LogP contribution >= 0.6 is 0 Å². The zero-order chi connectivity index (χ0) is 18.1. The first kappa shape index (κ1) is 18.7. The first-order valence-corrected chi connectivity index (χ1v) is 8.18. The third-order valence-corrected chi connectivity index (χ3v) is 3.72. The van der Waals surface area contributed by atoms with Gasteiger partial charge in [0.25, 0.3) is 5.91 Å². The zero-order valence-electron chi connectivity index (χ0n) is 14.2. The summed E-state index contributed by atoms with van der Waals surface area (Å²) in [6, 6.07) is 7.33. The molecule has 0 aromatic heterocycles. The number of morpholine rings is 1. The van der Waals surface area contributed by atoms with Gasteiger partial charge in [0.2, 0.25) is 11.8 Å². The number of nitrogens with zero attached hydrogens (tertiary/aromatic N) is 1. The molecule has 0 aliphatic carbocycles. The lowest BCUT2D eigenvalue weighted by molar-refractivity contribution is -0.137. The van der Waals surface area contributed by atoms with Gasteiger partial charge in [-0.05, 0) is 18.6 Å². The number of carbonyl (C=O) groups excluding carboxylic acids is 3. The molecule has 2 N–H and O–H groups in total. The van der Waals surface area contributed by atoms with Crippen molar-refractivity contribution in [3.63, 3.8) is 0 Å². The van der Waals surface area contributed by atoms with Gasteiger partial charge in [0, 0.05) is 25.9 Å². The van der Waals surface area contributed by atoms with Gasteiger partial charge in [-0.2, -0.15) is 0 Å². The van der Waals surface area contributed by atoms with E-state index < -0.39 is 11.8 Å². The quantitative estimate of drug-likeness (QED) is 0.713. The molecule has 1 aliphatic rings. The van der Waals surface area contributed by atoms with E-state index in [9.17, 15) is 14.4 Å². The zero-order valence-corrected chi connectivity index (χ0v) is 14.2.